The van der Waals surface area contributed by atoms with E-state index in [0.29, 0.717) is 24.4 Å². The van der Waals surface area contributed by atoms with Crippen LogP contribution in [0.5, 0.6) is 0 Å². The highest BCUT2D eigenvalue weighted by atomic mass is 19.1. The topological polar surface area (TPSA) is 63.3 Å². The molecule has 1 aromatic carbocycles. The molecular weight excluding hydrogens is 237 g/mol. The quantitative estimate of drug-likeness (QED) is 0.883. The number of aryl methyl sites for hydroxylation is 1. The van der Waals surface area contributed by atoms with Gasteiger partial charge in [0.2, 0.25) is 0 Å². The largest absolute Gasteiger partial charge is 0.481 e. The Morgan fingerprint density at radius 3 is 2.72 bits per heavy atom. The molecule has 0 unspecified atom stereocenters. The first kappa shape index (κ1) is 12.3. The van der Waals surface area contributed by atoms with Gasteiger partial charge in [-0.3, -0.25) is 4.79 Å². The summed E-state index contributed by atoms with van der Waals surface area (Å²) in [7, 11) is 0. The zero-order valence-corrected chi connectivity index (χ0v) is 9.60. The van der Waals surface area contributed by atoms with Gasteiger partial charge in [0.05, 0.1) is 12.1 Å². The molecule has 0 spiro atoms. The van der Waals surface area contributed by atoms with E-state index >= 15 is 0 Å². The highest BCUT2D eigenvalue weighted by Gasteiger charge is 2.07. The molecule has 0 amide bonds. The summed E-state index contributed by atoms with van der Waals surface area (Å²) in [6, 6.07) is 6.08. The van der Waals surface area contributed by atoms with Crippen molar-refractivity contribution in [1.29, 1.82) is 0 Å². The van der Waals surface area contributed by atoms with Crippen molar-refractivity contribution in [2.24, 2.45) is 0 Å². The second-order valence-corrected chi connectivity index (χ2v) is 3.93. The monoisotopic (exact) mass is 249 g/mol. The fourth-order valence-electron chi connectivity index (χ4n) is 1.56. The zero-order chi connectivity index (χ0) is 13.0. The Hall–Kier alpha value is -2.17. The van der Waals surface area contributed by atoms with Gasteiger partial charge in [-0.25, -0.2) is 9.37 Å². The number of benzene rings is 1. The van der Waals surface area contributed by atoms with E-state index < -0.39 is 5.97 Å². The van der Waals surface area contributed by atoms with Crippen LogP contribution in [0.1, 0.15) is 23.6 Å². The number of nitrogens with zero attached hydrogens (tertiary/aromatic N) is 1. The standard InChI is InChI=1S/C13H12FNO3/c14-10-3-1-9(2-4-10)7-12-15-11(8-18-12)5-6-13(16)17/h1-4,8H,5-7H2,(H,16,17). The van der Waals surface area contributed by atoms with E-state index in [9.17, 15) is 9.18 Å². The number of hydrogen-bond acceptors (Lipinski definition) is 3. The summed E-state index contributed by atoms with van der Waals surface area (Å²) in [5.41, 5.74) is 1.51. The van der Waals surface area contributed by atoms with Crippen LogP contribution in [0.4, 0.5) is 4.39 Å². The van der Waals surface area contributed by atoms with E-state index in [4.69, 9.17) is 9.52 Å². The van der Waals surface area contributed by atoms with Gasteiger partial charge in [0.25, 0.3) is 0 Å². The van der Waals surface area contributed by atoms with Crippen molar-refractivity contribution in [1.82, 2.24) is 4.98 Å². The molecule has 0 fully saturated rings. The Balaban J connectivity index is 1.97. The lowest BCUT2D eigenvalue weighted by Crippen LogP contribution is -1.98. The van der Waals surface area contributed by atoms with Crippen LogP contribution in [0.25, 0.3) is 0 Å². The van der Waals surface area contributed by atoms with Crippen molar-refractivity contribution in [3.05, 3.63) is 53.5 Å². The number of aromatic nitrogens is 1. The molecule has 5 heteroatoms. The van der Waals surface area contributed by atoms with Crippen molar-refractivity contribution in [3.63, 3.8) is 0 Å². The Morgan fingerprint density at radius 2 is 2.06 bits per heavy atom. The van der Waals surface area contributed by atoms with Crippen LogP contribution in [0.3, 0.4) is 0 Å². The molecule has 2 rings (SSSR count). The van der Waals surface area contributed by atoms with E-state index in [1.807, 2.05) is 0 Å². The molecule has 0 radical (unpaired) electrons. The highest BCUT2D eigenvalue weighted by molar-refractivity contribution is 5.66. The summed E-state index contributed by atoms with van der Waals surface area (Å²) in [6.45, 7) is 0. The van der Waals surface area contributed by atoms with Gasteiger partial charge in [-0.15, -0.1) is 0 Å². The average Bonchev–Trinajstić information content (AvgIpc) is 2.77. The van der Waals surface area contributed by atoms with Crippen LogP contribution in [-0.2, 0) is 17.6 Å². The maximum atomic E-state index is 12.7. The second kappa shape index (κ2) is 5.44. The Bertz CT molecular complexity index is 533. The molecule has 0 atom stereocenters. The minimum atomic E-state index is -0.863. The van der Waals surface area contributed by atoms with Gasteiger partial charge in [0, 0.05) is 12.8 Å². The number of rotatable bonds is 5. The highest BCUT2D eigenvalue weighted by Crippen LogP contribution is 2.11. The van der Waals surface area contributed by atoms with E-state index in [2.05, 4.69) is 4.98 Å². The van der Waals surface area contributed by atoms with Crippen molar-refractivity contribution < 1.29 is 18.7 Å². The lowest BCUT2D eigenvalue weighted by atomic mass is 10.1. The maximum absolute atomic E-state index is 12.7. The summed E-state index contributed by atoms with van der Waals surface area (Å²) in [5.74, 6) is -0.645. The van der Waals surface area contributed by atoms with E-state index in [1.165, 1.54) is 18.4 Å². The summed E-state index contributed by atoms with van der Waals surface area (Å²) in [4.78, 5) is 14.6. The molecule has 0 aliphatic heterocycles. The number of carboxylic acid groups (broad SMARTS) is 1. The van der Waals surface area contributed by atoms with E-state index in [-0.39, 0.29) is 12.2 Å². The van der Waals surface area contributed by atoms with Crippen molar-refractivity contribution >= 4 is 5.97 Å². The first-order valence-electron chi connectivity index (χ1n) is 5.53. The predicted octanol–water partition coefficient (Wildman–Crippen LogP) is 2.42. The Morgan fingerprint density at radius 1 is 1.33 bits per heavy atom. The number of oxazole rings is 1. The molecule has 18 heavy (non-hydrogen) atoms. The molecule has 1 aromatic heterocycles. The minimum absolute atomic E-state index is 0.0303. The molecule has 1 N–H and O–H groups in total. The third-order valence-electron chi connectivity index (χ3n) is 2.46. The maximum Gasteiger partial charge on any atom is 0.303 e. The molecule has 94 valence electrons. The fraction of sp³-hybridized carbons (Fsp3) is 0.231. The number of aliphatic carboxylic acids is 1. The third kappa shape index (κ3) is 3.41. The molecule has 2 aromatic rings. The zero-order valence-electron chi connectivity index (χ0n) is 9.60. The number of carbonyl (C=O) groups is 1. The second-order valence-electron chi connectivity index (χ2n) is 3.93. The number of halogens is 1. The molecule has 1 heterocycles. The van der Waals surface area contributed by atoms with Gasteiger partial charge in [0.15, 0.2) is 5.89 Å². The lowest BCUT2D eigenvalue weighted by molar-refractivity contribution is -0.136. The molecule has 0 aliphatic rings. The van der Waals surface area contributed by atoms with Crippen LogP contribution in [0, 0.1) is 5.82 Å². The summed E-state index contributed by atoms with van der Waals surface area (Å²) < 4.78 is 17.9. The Labute approximate surface area is 103 Å². The number of carboxylic acids is 1. The van der Waals surface area contributed by atoms with Gasteiger partial charge >= 0.3 is 5.97 Å². The molecule has 0 saturated carbocycles. The lowest BCUT2D eigenvalue weighted by Gasteiger charge is -1.96. The Kier molecular flexibility index (Phi) is 3.72. The van der Waals surface area contributed by atoms with Crippen LogP contribution in [-0.4, -0.2) is 16.1 Å². The van der Waals surface area contributed by atoms with Gasteiger partial charge in [-0.2, -0.15) is 0 Å². The first-order chi connectivity index (χ1) is 8.63. The van der Waals surface area contributed by atoms with E-state index in [0.717, 1.165) is 5.56 Å². The average molecular weight is 249 g/mol. The molecule has 0 bridgehead atoms. The molecule has 4 nitrogen and oxygen atoms in total. The van der Waals surface area contributed by atoms with Crippen molar-refractivity contribution in [2.45, 2.75) is 19.3 Å². The predicted molar refractivity (Wildman–Crippen MR) is 61.7 cm³/mol. The van der Waals surface area contributed by atoms with Crippen LogP contribution in [0.2, 0.25) is 0 Å². The minimum Gasteiger partial charge on any atom is -0.481 e. The van der Waals surface area contributed by atoms with Crippen LogP contribution in [0.15, 0.2) is 34.9 Å². The van der Waals surface area contributed by atoms with Gasteiger partial charge in [0.1, 0.15) is 12.1 Å². The molecular formula is C13H12FNO3. The van der Waals surface area contributed by atoms with Crippen LogP contribution < -0.4 is 0 Å². The smallest absolute Gasteiger partial charge is 0.303 e. The van der Waals surface area contributed by atoms with Crippen molar-refractivity contribution in [3.8, 4) is 0 Å². The molecule has 0 saturated heterocycles. The number of hydrogen-bond donors (Lipinski definition) is 1. The molecule has 0 aliphatic carbocycles. The van der Waals surface area contributed by atoms with Crippen molar-refractivity contribution in [2.75, 3.05) is 0 Å². The summed E-state index contributed by atoms with van der Waals surface area (Å²) >= 11 is 0. The van der Waals surface area contributed by atoms with Gasteiger partial charge < -0.3 is 9.52 Å². The van der Waals surface area contributed by atoms with Gasteiger partial charge in [-0.05, 0) is 17.7 Å². The third-order valence-corrected chi connectivity index (χ3v) is 2.46. The SMILES string of the molecule is O=C(O)CCc1coc(Cc2ccc(F)cc2)n1. The van der Waals surface area contributed by atoms with E-state index in [1.54, 1.807) is 12.1 Å². The van der Waals surface area contributed by atoms with Crippen LogP contribution >= 0.6 is 0 Å². The summed E-state index contributed by atoms with van der Waals surface area (Å²) in [6.07, 6.45) is 2.31. The van der Waals surface area contributed by atoms with Gasteiger partial charge in [-0.1, -0.05) is 12.1 Å². The first-order valence-corrected chi connectivity index (χ1v) is 5.53. The summed E-state index contributed by atoms with van der Waals surface area (Å²) in [5, 5.41) is 8.55. The normalized spacial score (nSPS) is 10.5. The fourth-order valence-corrected chi connectivity index (χ4v) is 1.56.